The predicted molar refractivity (Wildman–Crippen MR) is 86.8 cm³/mol. The largest absolute Gasteiger partial charge is 0.478 e. The molecule has 0 saturated carbocycles. The van der Waals surface area contributed by atoms with E-state index >= 15 is 0 Å². The molecule has 7 heteroatoms. The van der Waals surface area contributed by atoms with Gasteiger partial charge in [0.1, 0.15) is 0 Å². The van der Waals surface area contributed by atoms with Crippen molar-refractivity contribution in [3.05, 3.63) is 35.4 Å². The van der Waals surface area contributed by atoms with Crippen molar-refractivity contribution in [1.29, 1.82) is 0 Å². The van der Waals surface area contributed by atoms with Crippen molar-refractivity contribution in [2.24, 2.45) is 0 Å². The van der Waals surface area contributed by atoms with E-state index in [1.165, 1.54) is 0 Å². The first-order valence-electron chi connectivity index (χ1n) is 7.10. The van der Waals surface area contributed by atoms with Crippen LogP contribution in [-0.2, 0) is 42.6 Å². The molecule has 0 aliphatic carbocycles. The van der Waals surface area contributed by atoms with Gasteiger partial charge in [0.05, 0.1) is 23.4 Å². The van der Waals surface area contributed by atoms with Gasteiger partial charge in [-0.05, 0) is 59.2 Å². The summed E-state index contributed by atoms with van der Waals surface area (Å²) in [4.78, 5) is 10.8. The van der Waals surface area contributed by atoms with E-state index in [2.05, 4.69) is 0 Å². The summed E-state index contributed by atoms with van der Waals surface area (Å²) in [5.74, 6) is -0.943. The smallest absolute Gasteiger partial charge is 0.335 e. The summed E-state index contributed by atoms with van der Waals surface area (Å²) in [6.07, 6.45) is 0. The number of hydrogen-bond donors (Lipinski definition) is 1. The van der Waals surface area contributed by atoms with E-state index < -0.39 is 14.6 Å². The first-order valence-corrected chi connectivity index (χ1v) is 8.19. The Balaban J connectivity index is 0.00000484. The van der Waals surface area contributed by atoms with Gasteiger partial charge in [-0.2, -0.15) is 0 Å². The quantitative estimate of drug-likeness (QED) is 0.515. The summed E-state index contributed by atoms with van der Waals surface area (Å²) in [6, 6.07) is 6.56. The van der Waals surface area contributed by atoms with Crippen LogP contribution < -0.4 is 0 Å². The fourth-order valence-corrected chi connectivity index (χ4v) is 2.68. The second kappa shape index (κ2) is 9.28. The van der Waals surface area contributed by atoms with Crippen LogP contribution in [0.1, 0.15) is 57.5 Å². The van der Waals surface area contributed by atoms with Crippen LogP contribution in [0, 0.1) is 0 Å². The Morgan fingerprint density at radius 2 is 1.43 bits per heavy atom. The first kappa shape index (κ1) is 22.7. The average Bonchev–Trinajstić information content (AvgIpc) is 2.32. The van der Waals surface area contributed by atoms with Gasteiger partial charge in [-0.15, -0.1) is 0 Å². The second-order valence-electron chi connectivity index (χ2n) is 6.91. The standard InChI is InChI=1S/C16H25O5P.Ag/c1-15(2,3)20-22(21-16(4,5)6)19-11-12-7-9-13(10-8-12)14(17)18;/h7-10H,11H2,1-6H3,(H,17,18);. The minimum Gasteiger partial charge on any atom is -0.478 e. The first-order chi connectivity index (χ1) is 9.96. The number of carbonyl (C=O) groups is 1. The van der Waals surface area contributed by atoms with E-state index in [1.54, 1.807) is 24.3 Å². The molecule has 0 unspecified atom stereocenters. The average molecular weight is 436 g/mol. The number of rotatable bonds is 6. The zero-order valence-corrected chi connectivity index (χ0v) is 16.7. The molecule has 0 amide bonds. The fourth-order valence-electron chi connectivity index (χ4n) is 1.39. The number of hydrogen-bond acceptors (Lipinski definition) is 4. The van der Waals surface area contributed by atoms with Gasteiger partial charge in [0.25, 0.3) is 0 Å². The molecule has 0 fully saturated rings. The van der Waals surface area contributed by atoms with Crippen LogP contribution in [0.2, 0.25) is 0 Å². The molecule has 1 aromatic rings. The Morgan fingerprint density at radius 3 is 1.78 bits per heavy atom. The molecule has 23 heavy (non-hydrogen) atoms. The van der Waals surface area contributed by atoms with Crippen molar-refractivity contribution in [1.82, 2.24) is 0 Å². The Kier molecular flexibility index (Phi) is 9.18. The summed E-state index contributed by atoms with van der Waals surface area (Å²) in [5.41, 5.74) is 0.379. The van der Waals surface area contributed by atoms with Crippen LogP contribution in [0.3, 0.4) is 0 Å². The van der Waals surface area contributed by atoms with Crippen molar-refractivity contribution in [2.45, 2.75) is 59.4 Å². The Morgan fingerprint density at radius 1 is 1.00 bits per heavy atom. The van der Waals surface area contributed by atoms with Gasteiger partial charge in [0.2, 0.25) is 0 Å². The molecular weight excluding hydrogens is 411 g/mol. The molecule has 0 aliphatic rings. The predicted octanol–water partition coefficient (Wildman–Crippen LogP) is 4.76. The van der Waals surface area contributed by atoms with Crippen molar-refractivity contribution in [3.8, 4) is 0 Å². The van der Waals surface area contributed by atoms with E-state index in [9.17, 15) is 4.79 Å². The van der Waals surface area contributed by atoms with E-state index in [0.29, 0.717) is 6.61 Å². The van der Waals surface area contributed by atoms with E-state index in [0.717, 1.165) is 5.56 Å². The third-order valence-corrected chi connectivity index (χ3v) is 3.97. The van der Waals surface area contributed by atoms with Gasteiger partial charge in [-0.25, -0.2) is 4.79 Å². The molecule has 0 aliphatic heterocycles. The summed E-state index contributed by atoms with van der Waals surface area (Å²) in [6.45, 7) is 12.0. The minimum absolute atomic E-state index is 0. The molecule has 0 aromatic heterocycles. The molecule has 0 saturated heterocycles. The van der Waals surface area contributed by atoms with E-state index in [1.807, 2.05) is 41.5 Å². The van der Waals surface area contributed by atoms with Crippen LogP contribution in [0.5, 0.6) is 0 Å². The maximum Gasteiger partial charge on any atom is 0.335 e. The molecule has 0 bridgehead atoms. The Hall–Kier alpha value is -0.260. The maximum atomic E-state index is 10.8. The zero-order valence-electron chi connectivity index (χ0n) is 14.3. The van der Waals surface area contributed by atoms with Gasteiger partial charge in [0, 0.05) is 22.4 Å². The van der Waals surface area contributed by atoms with Gasteiger partial charge in [-0.1, -0.05) is 12.1 Å². The van der Waals surface area contributed by atoms with Crippen molar-refractivity contribution < 1.29 is 45.9 Å². The number of aromatic carboxylic acids is 1. The number of carboxylic acid groups (broad SMARTS) is 1. The van der Waals surface area contributed by atoms with Gasteiger partial charge >= 0.3 is 14.6 Å². The molecule has 0 spiro atoms. The molecule has 0 atom stereocenters. The van der Waals surface area contributed by atoms with Crippen LogP contribution >= 0.6 is 8.60 Å². The Labute approximate surface area is 155 Å². The number of carboxylic acids is 1. The Bertz CT molecular complexity index is 475. The molecule has 1 rings (SSSR count). The third-order valence-electron chi connectivity index (χ3n) is 2.23. The summed E-state index contributed by atoms with van der Waals surface area (Å²) >= 11 is 0. The van der Waals surface area contributed by atoms with Crippen LogP contribution in [0.15, 0.2) is 24.3 Å². The summed E-state index contributed by atoms with van der Waals surface area (Å²) in [5, 5.41) is 8.88. The van der Waals surface area contributed by atoms with E-state index in [-0.39, 0.29) is 39.1 Å². The van der Waals surface area contributed by atoms with Crippen molar-refractivity contribution in [3.63, 3.8) is 0 Å². The summed E-state index contributed by atoms with van der Waals surface area (Å²) < 4.78 is 17.4. The third kappa shape index (κ3) is 10.3. The van der Waals surface area contributed by atoms with Gasteiger partial charge in [-0.3, -0.25) is 0 Å². The second-order valence-corrected chi connectivity index (χ2v) is 7.98. The van der Waals surface area contributed by atoms with Crippen LogP contribution in [0.4, 0.5) is 0 Å². The maximum absolute atomic E-state index is 10.8. The number of benzene rings is 1. The fraction of sp³-hybridized carbons (Fsp3) is 0.562. The molecule has 135 valence electrons. The summed E-state index contributed by atoms with van der Waals surface area (Å²) in [7, 11) is -1.50. The topological polar surface area (TPSA) is 65.0 Å². The van der Waals surface area contributed by atoms with Crippen molar-refractivity contribution >= 4 is 14.6 Å². The molecule has 5 nitrogen and oxygen atoms in total. The molecule has 0 heterocycles. The van der Waals surface area contributed by atoms with Crippen LogP contribution in [-0.4, -0.2) is 22.3 Å². The van der Waals surface area contributed by atoms with Gasteiger partial charge in [0.15, 0.2) is 0 Å². The molecular formula is C16H25AgO5P. The molecule has 1 radical (unpaired) electrons. The zero-order chi connectivity index (χ0) is 17.0. The normalized spacial score (nSPS) is 12.1. The minimum atomic E-state index is -1.50. The molecule has 1 N–H and O–H groups in total. The van der Waals surface area contributed by atoms with Gasteiger partial charge < -0.3 is 18.7 Å². The SMILES string of the molecule is CC(C)(C)OP(OCc1ccc(C(=O)O)cc1)OC(C)(C)C.[Ag]. The monoisotopic (exact) mass is 435 g/mol. The van der Waals surface area contributed by atoms with Crippen LogP contribution in [0.25, 0.3) is 0 Å². The van der Waals surface area contributed by atoms with E-state index in [4.69, 9.17) is 18.7 Å². The molecule has 1 aromatic carbocycles. The van der Waals surface area contributed by atoms with Crippen molar-refractivity contribution in [2.75, 3.05) is 0 Å².